The maximum absolute atomic E-state index is 13.7. The Kier molecular flexibility index (Phi) is 6.53. The molecule has 11 nitrogen and oxygen atoms in total. The van der Waals surface area contributed by atoms with E-state index in [1.807, 2.05) is 48.5 Å². The molecule has 2 aromatic heterocycles. The zero-order valence-corrected chi connectivity index (χ0v) is 20.6. The summed E-state index contributed by atoms with van der Waals surface area (Å²) in [5.74, 6) is 0.484. The van der Waals surface area contributed by atoms with E-state index in [2.05, 4.69) is 30.9 Å². The number of amides is 2. The van der Waals surface area contributed by atoms with E-state index >= 15 is 0 Å². The molecule has 5 rings (SSSR count). The summed E-state index contributed by atoms with van der Waals surface area (Å²) in [6, 6.07) is 14.9. The fourth-order valence-electron chi connectivity index (χ4n) is 4.49. The van der Waals surface area contributed by atoms with Gasteiger partial charge in [0.2, 0.25) is 17.6 Å². The highest BCUT2D eigenvalue weighted by atomic mass is 16.3. The number of rotatable bonds is 7. The Labute approximate surface area is 213 Å². The molecule has 1 aliphatic heterocycles. The summed E-state index contributed by atoms with van der Waals surface area (Å²) in [5, 5.41) is 16.9. The van der Waals surface area contributed by atoms with Gasteiger partial charge in [0, 0.05) is 23.2 Å². The largest absolute Gasteiger partial charge is 0.443 e. The lowest BCUT2D eigenvalue weighted by Crippen LogP contribution is -2.49. The van der Waals surface area contributed by atoms with Crippen molar-refractivity contribution in [1.82, 2.24) is 30.9 Å². The number of fused-ring (bicyclic) bond motifs is 1. The SMILES string of the molecule is CC(C)(N)CC(=O)N[C@@H]1CCc2ccccc2N(Cc2ccc(-c3ocnc3-c3nn[nH]n3)cc2)C1=O. The van der Waals surface area contributed by atoms with E-state index in [9.17, 15) is 9.59 Å². The van der Waals surface area contributed by atoms with Crippen molar-refractivity contribution in [2.75, 3.05) is 4.90 Å². The number of aryl methyl sites for hydroxylation is 1. The number of nitrogens with zero attached hydrogens (tertiary/aromatic N) is 5. The first-order valence-corrected chi connectivity index (χ1v) is 12.0. The van der Waals surface area contributed by atoms with E-state index in [-0.39, 0.29) is 18.2 Å². The van der Waals surface area contributed by atoms with Crippen molar-refractivity contribution in [3.05, 3.63) is 66.1 Å². The second kappa shape index (κ2) is 9.94. The van der Waals surface area contributed by atoms with Crippen LogP contribution in [0.2, 0.25) is 0 Å². The number of benzene rings is 2. The fraction of sp³-hybridized carbons (Fsp3) is 0.308. The van der Waals surface area contributed by atoms with Crippen molar-refractivity contribution >= 4 is 17.5 Å². The molecule has 2 amide bonds. The second-order valence-corrected chi connectivity index (χ2v) is 9.84. The molecule has 0 aliphatic carbocycles. The number of aromatic nitrogens is 5. The number of nitrogens with one attached hydrogen (secondary N) is 2. The summed E-state index contributed by atoms with van der Waals surface area (Å²) in [4.78, 5) is 32.2. The van der Waals surface area contributed by atoms with E-state index in [0.717, 1.165) is 22.4 Å². The number of carbonyl (C=O) groups is 2. The molecular weight excluding hydrogens is 472 g/mol. The standard InChI is InChI=1S/C26H28N8O3/c1-26(2,27)13-21(35)29-19-12-11-17-5-3-4-6-20(17)34(25(19)36)14-16-7-9-18(10-8-16)23-22(28-15-37-23)24-30-32-33-31-24/h3-10,15,19H,11-14,27H2,1-2H3,(H,29,35)(H,30,31,32,33)/t19-/m1/s1. The fourth-order valence-corrected chi connectivity index (χ4v) is 4.49. The monoisotopic (exact) mass is 500 g/mol. The van der Waals surface area contributed by atoms with Gasteiger partial charge in [-0.25, -0.2) is 4.98 Å². The topological polar surface area (TPSA) is 156 Å². The molecule has 190 valence electrons. The summed E-state index contributed by atoms with van der Waals surface area (Å²) >= 11 is 0. The first-order chi connectivity index (χ1) is 17.8. The van der Waals surface area contributed by atoms with Crippen LogP contribution in [0.1, 0.15) is 37.8 Å². The molecule has 4 aromatic rings. The van der Waals surface area contributed by atoms with Crippen molar-refractivity contribution < 1.29 is 14.0 Å². The summed E-state index contributed by atoms with van der Waals surface area (Å²) in [6.45, 7) is 3.92. The molecule has 0 bridgehead atoms. The van der Waals surface area contributed by atoms with Gasteiger partial charge in [-0.05, 0) is 49.1 Å². The molecule has 0 radical (unpaired) electrons. The molecule has 37 heavy (non-hydrogen) atoms. The molecular formula is C26H28N8O3. The third-order valence-electron chi connectivity index (χ3n) is 6.18. The number of tetrazole rings is 1. The minimum Gasteiger partial charge on any atom is -0.443 e. The van der Waals surface area contributed by atoms with Gasteiger partial charge in [-0.1, -0.05) is 42.5 Å². The Morgan fingerprint density at radius 1 is 1.22 bits per heavy atom. The number of carbonyl (C=O) groups excluding carboxylic acids is 2. The molecule has 2 aromatic carbocycles. The number of hydrogen-bond donors (Lipinski definition) is 3. The minimum atomic E-state index is -0.657. The molecule has 1 atom stereocenters. The third-order valence-corrected chi connectivity index (χ3v) is 6.18. The smallest absolute Gasteiger partial charge is 0.249 e. The van der Waals surface area contributed by atoms with E-state index in [4.69, 9.17) is 10.2 Å². The van der Waals surface area contributed by atoms with Gasteiger partial charge in [-0.15, -0.1) is 10.2 Å². The van der Waals surface area contributed by atoms with Crippen molar-refractivity contribution in [2.45, 2.75) is 51.2 Å². The van der Waals surface area contributed by atoms with Crippen molar-refractivity contribution in [1.29, 1.82) is 0 Å². The lowest BCUT2D eigenvalue weighted by atomic mass is 10.0. The summed E-state index contributed by atoms with van der Waals surface area (Å²) in [7, 11) is 0. The second-order valence-electron chi connectivity index (χ2n) is 9.84. The van der Waals surface area contributed by atoms with Gasteiger partial charge >= 0.3 is 0 Å². The first-order valence-electron chi connectivity index (χ1n) is 12.0. The van der Waals surface area contributed by atoms with Gasteiger partial charge in [-0.2, -0.15) is 5.21 Å². The van der Waals surface area contributed by atoms with Crippen LogP contribution in [0.3, 0.4) is 0 Å². The van der Waals surface area contributed by atoms with Gasteiger partial charge in [0.1, 0.15) is 6.04 Å². The number of para-hydroxylation sites is 1. The quantitative estimate of drug-likeness (QED) is 0.350. The summed E-state index contributed by atoms with van der Waals surface area (Å²) < 4.78 is 5.58. The maximum atomic E-state index is 13.7. The van der Waals surface area contributed by atoms with Gasteiger partial charge in [0.25, 0.3) is 0 Å². The third kappa shape index (κ3) is 5.41. The normalized spacial score (nSPS) is 15.8. The van der Waals surface area contributed by atoms with Gasteiger partial charge < -0.3 is 20.4 Å². The van der Waals surface area contributed by atoms with Crippen LogP contribution in [0.4, 0.5) is 5.69 Å². The van der Waals surface area contributed by atoms with Crippen LogP contribution in [0.15, 0.2) is 59.3 Å². The average molecular weight is 501 g/mol. The summed E-state index contributed by atoms with van der Waals surface area (Å²) in [6.07, 6.45) is 2.67. The van der Waals surface area contributed by atoms with Crippen molar-refractivity contribution in [2.24, 2.45) is 5.73 Å². The van der Waals surface area contributed by atoms with Gasteiger partial charge in [0.15, 0.2) is 17.8 Å². The molecule has 0 unspecified atom stereocenters. The van der Waals surface area contributed by atoms with Crippen molar-refractivity contribution in [3.8, 4) is 22.8 Å². The molecule has 4 N–H and O–H groups in total. The number of aromatic amines is 1. The number of anilines is 1. The Balaban J connectivity index is 1.39. The number of oxazole rings is 1. The number of H-pyrrole nitrogens is 1. The molecule has 0 fully saturated rings. The predicted octanol–water partition coefficient (Wildman–Crippen LogP) is 2.61. The van der Waals surface area contributed by atoms with Crippen LogP contribution < -0.4 is 16.0 Å². The predicted molar refractivity (Wildman–Crippen MR) is 136 cm³/mol. The van der Waals surface area contributed by atoms with Gasteiger partial charge in [-0.3, -0.25) is 9.59 Å². The zero-order valence-electron chi connectivity index (χ0n) is 20.6. The molecule has 1 aliphatic rings. The lowest BCUT2D eigenvalue weighted by Gasteiger charge is -2.27. The molecule has 0 saturated carbocycles. The van der Waals surface area contributed by atoms with Crippen LogP contribution >= 0.6 is 0 Å². The minimum absolute atomic E-state index is 0.138. The van der Waals surface area contributed by atoms with Crippen LogP contribution in [-0.4, -0.2) is 49.0 Å². The van der Waals surface area contributed by atoms with Crippen LogP contribution in [0.25, 0.3) is 22.8 Å². The van der Waals surface area contributed by atoms with Crippen LogP contribution in [0, 0.1) is 0 Å². The Morgan fingerprint density at radius 3 is 2.73 bits per heavy atom. The zero-order chi connectivity index (χ0) is 26.0. The number of nitrogens with two attached hydrogens (primary N) is 1. The molecule has 0 spiro atoms. The highest BCUT2D eigenvalue weighted by Gasteiger charge is 2.32. The van der Waals surface area contributed by atoms with E-state index in [0.29, 0.717) is 36.7 Å². The highest BCUT2D eigenvalue weighted by Crippen LogP contribution is 2.31. The Bertz CT molecular complexity index is 1390. The van der Waals surface area contributed by atoms with Crippen LogP contribution in [-0.2, 0) is 22.6 Å². The highest BCUT2D eigenvalue weighted by molar-refractivity contribution is 6.00. The maximum Gasteiger partial charge on any atom is 0.249 e. The molecule has 11 heteroatoms. The average Bonchev–Trinajstić information content (AvgIpc) is 3.54. The Hall–Kier alpha value is -4.38. The molecule has 3 heterocycles. The van der Waals surface area contributed by atoms with E-state index < -0.39 is 11.6 Å². The number of hydrogen-bond acceptors (Lipinski definition) is 8. The molecule has 0 saturated heterocycles. The first kappa shape index (κ1) is 24.3. The van der Waals surface area contributed by atoms with Crippen molar-refractivity contribution in [3.63, 3.8) is 0 Å². The van der Waals surface area contributed by atoms with Gasteiger partial charge in [0.05, 0.1) is 6.54 Å². The Morgan fingerprint density at radius 2 is 2.00 bits per heavy atom. The van der Waals surface area contributed by atoms with E-state index in [1.165, 1.54) is 6.39 Å². The lowest BCUT2D eigenvalue weighted by molar-refractivity contribution is -0.128. The van der Waals surface area contributed by atoms with Crippen LogP contribution in [0.5, 0.6) is 0 Å². The summed E-state index contributed by atoms with van der Waals surface area (Å²) in [5.41, 5.74) is 9.46. The van der Waals surface area contributed by atoms with E-state index in [1.54, 1.807) is 18.7 Å².